The topological polar surface area (TPSA) is 64.3 Å². The molecule has 0 aliphatic carbocycles. The zero-order chi connectivity index (χ0) is 8.97. The molecule has 1 saturated heterocycles. The smallest absolute Gasteiger partial charge is 0.237 e. The third-order valence-corrected chi connectivity index (χ3v) is 2.07. The largest absolute Gasteiger partial charge is 0.376 e. The minimum absolute atomic E-state index is 0.0116. The van der Waals surface area contributed by atoms with Crippen molar-refractivity contribution >= 4 is 5.91 Å². The minimum Gasteiger partial charge on any atom is -0.376 e. The van der Waals surface area contributed by atoms with Crippen LogP contribution in [0.1, 0.15) is 19.8 Å². The van der Waals surface area contributed by atoms with Gasteiger partial charge in [-0.3, -0.25) is 4.79 Å². The highest BCUT2D eigenvalue weighted by Gasteiger charge is 2.28. The highest BCUT2D eigenvalue weighted by molar-refractivity contribution is 5.80. The molecule has 0 aromatic heterocycles. The second kappa shape index (κ2) is 4.42. The van der Waals surface area contributed by atoms with E-state index in [2.05, 4.69) is 5.32 Å². The molecule has 12 heavy (non-hydrogen) atoms. The predicted octanol–water partition coefficient (Wildman–Crippen LogP) is -0.371. The van der Waals surface area contributed by atoms with Gasteiger partial charge in [-0.1, -0.05) is 6.92 Å². The molecule has 0 bridgehead atoms. The van der Waals surface area contributed by atoms with Gasteiger partial charge in [0.25, 0.3) is 0 Å². The van der Waals surface area contributed by atoms with E-state index < -0.39 is 0 Å². The number of amides is 1. The van der Waals surface area contributed by atoms with Crippen LogP contribution in [0.2, 0.25) is 0 Å². The Hall–Kier alpha value is -0.610. The molecular weight excluding hydrogens is 156 g/mol. The lowest BCUT2D eigenvalue weighted by Gasteiger charge is -2.19. The van der Waals surface area contributed by atoms with Crippen LogP contribution in [0, 0.1) is 0 Å². The fraction of sp³-hybridized carbons (Fsp3) is 0.875. The second-order valence-corrected chi connectivity index (χ2v) is 2.99. The summed E-state index contributed by atoms with van der Waals surface area (Å²) >= 11 is 0. The van der Waals surface area contributed by atoms with Gasteiger partial charge in [0.15, 0.2) is 0 Å². The van der Waals surface area contributed by atoms with Crippen molar-refractivity contribution in [3.05, 3.63) is 0 Å². The SMILES string of the molecule is CCNC(C(N)=O)C1CCCO1. The van der Waals surface area contributed by atoms with Gasteiger partial charge in [0, 0.05) is 6.61 Å². The van der Waals surface area contributed by atoms with Gasteiger partial charge >= 0.3 is 0 Å². The molecule has 1 fully saturated rings. The molecule has 0 radical (unpaired) electrons. The molecule has 3 N–H and O–H groups in total. The molecule has 4 nitrogen and oxygen atoms in total. The van der Waals surface area contributed by atoms with Crippen molar-refractivity contribution in [2.75, 3.05) is 13.2 Å². The molecule has 70 valence electrons. The molecule has 1 heterocycles. The van der Waals surface area contributed by atoms with Gasteiger partial charge in [0.2, 0.25) is 5.91 Å². The monoisotopic (exact) mass is 172 g/mol. The van der Waals surface area contributed by atoms with E-state index >= 15 is 0 Å². The predicted molar refractivity (Wildman–Crippen MR) is 45.6 cm³/mol. The van der Waals surface area contributed by atoms with Crippen LogP contribution in [0.5, 0.6) is 0 Å². The molecule has 1 amide bonds. The van der Waals surface area contributed by atoms with Crippen LogP contribution in [0.25, 0.3) is 0 Å². The van der Waals surface area contributed by atoms with Crippen LogP contribution >= 0.6 is 0 Å². The summed E-state index contributed by atoms with van der Waals surface area (Å²) in [4.78, 5) is 11.0. The van der Waals surface area contributed by atoms with Gasteiger partial charge < -0.3 is 15.8 Å². The lowest BCUT2D eigenvalue weighted by Crippen LogP contribution is -2.49. The molecular formula is C8H16N2O2. The molecule has 1 rings (SSSR count). The van der Waals surface area contributed by atoms with E-state index in [4.69, 9.17) is 10.5 Å². The average molecular weight is 172 g/mol. The van der Waals surface area contributed by atoms with Crippen molar-refractivity contribution in [2.45, 2.75) is 31.9 Å². The molecule has 0 spiro atoms. The number of carbonyl (C=O) groups excluding carboxylic acids is 1. The number of carbonyl (C=O) groups is 1. The van der Waals surface area contributed by atoms with Crippen LogP contribution in [-0.4, -0.2) is 31.2 Å². The summed E-state index contributed by atoms with van der Waals surface area (Å²) in [6.07, 6.45) is 1.95. The first kappa shape index (κ1) is 9.48. The number of hydrogen-bond acceptors (Lipinski definition) is 3. The Morgan fingerprint density at radius 2 is 2.58 bits per heavy atom. The van der Waals surface area contributed by atoms with Gasteiger partial charge in [-0.2, -0.15) is 0 Å². The average Bonchev–Trinajstić information content (AvgIpc) is 2.51. The van der Waals surface area contributed by atoms with Crippen LogP contribution in [0.4, 0.5) is 0 Å². The first-order valence-electron chi connectivity index (χ1n) is 4.40. The Kier molecular flexibility index (Phi) is 3.49. The molecule has 0 aromatic rings. The van der Waals surface area contributed by atoms with E-state index in [9.17, 15) is 4.79 Å². The number of likely N-dealkylation sites (N-methyl/N-ethyl adjacent to an activating group) is 1. The summed E-state index contributed by atoms with van der Waals surface area (Å²) in [7, 11) is 0. The number of primary amides is 1. The summed E-state index contributed by atoms with van der Waals surface area (Å²) in [5.74, 6) is -0.316. The number of nitrogens with two attached hydrogens (primary N) is 1. The number of rotatable bonds is 4. The summed E-state index contributed by atoms with van der Waals surface area (Å²) in [5, 5.41) is 3.02. The summed E-state index contributed by atoms with van der Waals surface area (Å²) in [6.45, 7) is 3.44. The second-order valence-electron chi connectivity index (χ2n) is 2.99. The van der Waals surface area contributed by atoms with E-state index in [0.717, 1.165) is 26.0 Å². The third kappa shape index (κ3) is 2.19. The quantitative estimate of drug-likeness (QED) is 0.608. The third-order valence-electron chi connectivity index (χ3n) is 2.07. The van der Waals surface area contributed by atoms with Gasteiger partial charge in [-0.25, -0.2) is 0 Å². The zero-order valence-corrected chi connectivity index (χ0v) is 7.38. The van der Waals surface area contributed by atoms with Crippen molar-refractivity contribution in [3.63, 3.8) is 0 Å². The maximum atomic E-state index is 11.0. The van der Waals surface area contributed by atoms with E-state index in [1.54, 1.807) is 0 Å². The Balaban J connectivity index is 2.45. The van der Waals surface area contributed by atoms with Crippen molar-refractivity contribution < 1.29 is 9.53 Å². The molecule has 2 atom stereocenters. The number of nitrogens with one attached hydrogen (secondary N) is 1. The molecule has 4 heteroatoms. The Labute approximate surface area is 72.5 Å². The number of ether oxygens (including phenoxy) is 1. The highest BCUT2D eigenvalue weighted by Crippen LogP contribution is 2.15. The summed E-state index contributed by atoms with van der Waals surface area (Å²) < 4.78 is 5.37. The Bertz CT molecular complexity index is 155. The molecule has 1 aliphatic heterocycles. The molecule has 2 unspecified atom stereocenters. The van der Waals surface area contributed by atoms with Crippen LogP contribution in [0.3, 0.4) is 0 Å². The first-order chi connectivity index (χ1) is 5.75. The fourth-order valence-corrected chi connectivity index (χ4v) is 1.50. The highest BCUT2D eigenvalue weighted by atomic mass is 16.5. The number of hydrogen-bond donors (Lipinski definition) is 2. The maximum absolute atomic E-state index is 11.0. The molecule has 1 aliphatic rings. The van der Waals surface area contributed by atoms with Crippen LogP contribution in [0.15, 0.2) is 0 Å². The van der Waals surface area contributed by atoms with Crippen molar-refractivity contribution in [1.29, 1.82) is 0 Å². The van der Waals surface area contributed by atoms with Gasteiger partial charge in [0.05, 0.1) is 6.10 Å². The summed E-state index contributed by atoms with van der Waals surface area (Å²) in [6, 6.07) is -0.308. The maximum Gasteiger partial charge on any atom is 0.237 e. The minimum atomic E-state index is -0.316. The van der Waals surface area contributed by atoms with Crippen molar-refractivity contribution in [3.8, 4) is 0 Å². The van der Waals surface area contributed by atoms with Crippen LogP contribution in [-0.2, 0) is 9.53 Å². The van der Waals surface area contributed by atoms with Gasteiger partial charge in [0.1, 0.15) is 6.04 Å². The first-order valence-corrected chi connectivity index (χ1v) is 4.40. The van der Waals surface area contributed by atoms with Crippen molar-refractivity contribution in [1.82, 2.24) is 5.32 Å². The van der Waals surface area contributed by atoms with Crippen molar-refractivity contribution in [2.24, 2.45) is 5.73 Å². The lowest BCUT2D eigenvalue weighted by molar-refractivity contribution is -0.122. The molecule has 0 aromatic carbocycles. The fourth-order valence-electron chi connectivity index (χ4n) is 1.50. The Morgan fingerprint density at radius 1 is 1.83 bits per heavy atom. The van der Waals surface area contributed by atoms with Gasteiger partial charge in [-0.15, -0.1) is 0 Å². The van der Waals surface area contributed by atoms with E-state index in [-0.39, 0.29) is 18.1 Å². The van der Waals surface area contributed by atoms with E-state index in [0.29, 0.717) is 0 Å². The van der Waals surface area contributed by atoms with E-state index in [1.807, 2.05) is 6.92 Å². The normalized spacial score (nSPS) is 25.6. The standard InChI is InChI=1S/C8H16N2O2/c1-2-10-7(8(9)11)6-4-3-5-12-6/h6-7,10H,2-5H2,1H3,(H2,9,11). The van der Waals surface area contributed by atoms with Gasteiger partial charge in [-0.05, 0) is 19.4 Å². The van der Waals surface area contributed by atoms with E-state index in [1.165, 1.54) is 0 Å². The summed E-state index contributed by atoms with van der Waals surface area (Å²) in [5.41, 5.74) is 5.22. The zero-order valence-electron chi connectivity index (χ0n) is 7.38. The Morgan fingerprint density at radius 3 is 3.00 bits per heavy atom. The van der Waals surface area contributed by atoms with Crippen LogP contribution < -0.4 is 11.1 Å². The molecule has 0 saturated carbocycles. The lowest BCUT2D eigenvalue weighted by atomic mass is 10.1.